The molecule has 2 heterocycles. The molecule has 1 unspecified atom stereocenters. The number of rotatable bonds is 3. The monoisotopic (exact) mass is 352 g/mol. The van der Waals surface area contributed by atoms with Crippen LogP contribution in [-0.2, 0) is 0 Å². The molecule has 21 heavy (non-hydrogen) atoms. The molecule has 0 spiro atoms. The Labute approximate surface area is 127 Å². The van der Waals surface area contributed by atoms with Crippen molar-refractivity contribution in [2.75, 3.05) is 5.32 Å². The topological polar surface area (TPSA) is 42.2 Å². The zero-order chi connectivity index (χ0) is 15.0. The van der Waals surface area contributed by atoms with Gasteiger partial charge in [0.2, 0.25) is 0 Å². The van der Waals surface area contributed by atoms with Crippen molar-refractivity contribution in [1.29, 1.82) is 0 Å². The average molecular weight is 353 g/mol. The van der Waals surface area contributed by atoms with Gasteiger partial charge in [0.05, 0.1) is 16.7 Å². The number of anilines is 1. The number of hydrogen-bond acceptors (Lipinski definition) is 3. The SMILES string of the molecule is CC(Nc1nccn2ncc(Br)c12)c1c(F)cccc1F. The van der Waals surface area contributed by atoms with Gasteiger partial charge in [-0.15, -0.1) is 0 Å². The van der Waals surface area contributed by atoms with Crippen molar-refractivity contribution < 1.29 is 8.78 Å². The molecule has 3 aromatic rings. The van der Waals surface area contributed by atoms with Crippen molar-refractivity contribution >= 4 is 27.3 Å². The number of benzene rings is 1. The lowest BCUT2D eigenvalue weighted by molar-refractivity contribution is 0.544. The van der Waals surface area contributed by atoms with E-state index in [1.807, 2.05) is 0 Å². The van der Waals surface area contributed by atoms with E-state index < -0.39 is 17.7 Å². The van der Waals surface area contributed by atoms with Gasteiger partial charge in [0.15, 0.2) is 5.82 Å². The molecule has 3 rings (SSSR count). The third kappa shape index (κ3) is 2.49. The summed E-state index contributed by atoms with van der Waals surface area (Å²) >= 11 is 3.38. The van der Waals surface area contributed by atoms with E-state index in [0.29, 0.717) is 11.3 Å². The molecule has 1 atom stereocenters. The molecule has 4 nitrogen and oxygen atoms in total. The van der Waals surface area contributed by atoms with E-state index in [9.17, 15) is 8.78 Å². The number of halogens is 3. The van der Waals surface area contributed by atoms with E-state index in [0.717, 1.165) is 4.47 Å². The normalized spacial score (nSPS) is 12.6. The summed E-state index contributed by atoms with van der Waals surface area (Å²) in [5, 5.41) is 7.16. The maximum atomic E-state index is 13.8. The standard InChI is InChI=1S/C14H11BrF2N4/c1-8(12-10(16)3-2-4-11(12)17)20-14-13-9(15)7-19-21(13)6-5-18-14/h2-8H,1H3,(H,18,20). The largest absolute Gasteiger partial charge is 0.362 e. The summed E-state index contributed by atoms with van der Waals surface area (Å²) < 4.78 is 30.0. The molecule has 0 aliphatic carbocycles. The van der Waals surface area contributed by atoms with Crippen LogP contribution in [0.5, 0.6) is 0 Å². The van der Waals surface area contributed by atoms with Crippen LogP contribution >= 0.6 is 15.9 Å². The Balaban J connectivity index is 2.00. The molecule has 0 fully saturated rings. The number of nitrogens with zero attached hydrogens (tertiary/aromatic N) is 3. The number of fused-ring (bicyclic) bond motifs is 1. The van der Waals surface area contributed by atoms with Gasteiger partial charge in [-0.2, -0.15) is 5.10 Å². The molecule has 0 radical (unpaired) electrons. The summed E-state index contributed by atoms with van der Waals surface area (Å²) in [7, 11) is 0. The summed E-state index contributed by atoms with van der Waals surface area (Å²) in [5.41, 5.74) is 0.693. The van der Waals surface area contributed by atoms with E-state index >= 15 is 0 Å². The lowest BCUT2D eigenvalue weighted by Crippen LogP contribution is -2.12. The van der Waals surface area contributed by atoms with Gasteiger partial charge in [-0.05, 0) is 35.0 Å². The van der Waals surface area contributed by atoms with E-state index in [1.54, 1.807) is 30.0 Å². The highest BCUT2D eigenvalue weighted by Gasteiger charge is 2.18. The van der Waals surface area contributed by atoms with E-state index in [2.05, 4.69) is 31.3 Å². The first-order chi connectivity index (χ1) is 10.1. The van der Waals surface area contributed by atoms with Crippen LogP contribution in [0.4, 0.5) is 14.6 Å². The molecule has 2 aromatic heterocycles. The molecule has 0 saturated carbocycles. The molecule has 0 bridgehead atoms. The Morgan fingerprint density at radius 3 is 2.71 bits per heavy atom. The molecule has 0 aliphatic heterocycles. The van der Waals surface area contributed by atoms with E-state index in [-0.39, 0.29) is 5.56 Å². The second-order valence-electron chi connectivity index (χ2n) is 4.56. The van der Waals surface area contributed by atoms with Gasteiger partial charge in [-0.1, -0.05) is 6.07 Å². The molecule has 108 valence electrons. The smallest absolute Gasteiger partial charge is 0.153 e. The summed E-state index contributed by atoms with van der Waals surface area (Å²) in [6.07, 6.45) is 4.90. The summed E-state index contributed by atoms with van der Waals surface area (Å²) in [4.78, 5) is 4.22. The molecule has 0 saturated heterocycles. The average Bonchev–Trinajstić information content (AvgIpc) is 2.81. The second-order valence-corrected chi connectivity index (χ2v) is 5.42. The Hall–Kier alpha value is -2.02. The quantitative estimate of drug-likeness (QED) is 0.776. The van der Waals surface area contributed by atoms with Crippen molar-refractivity contribution in [2.24, 2.45) is 0 Å². The first-order valence-corrected chi connectivity index (χ1v) is 7.05. The van der Waals surface area contributed by atoms with Gasteiger partial charge in [-0.3, -0.25) is 0 Å². The maximum Gasteiger partial charge on any atom is 0.153 e. The fourth-order valence-corrected chi connectivity index (χ4v) is 2.68. The zero-order valence-corrected chi connectivity index (χ0v) is 12.6. The van der Waals surface area contributed by atoms with Crippen molar-refractivity contribution in [2.45, 2.75) is 13.0 Å². The minimum atomic E-state index is -0.588. The van der Waals surface area contributed by atoms with Crippen molar-refractivity contribution in [3.05, 3.63) is 58.5 Å². The summed E-state index contributed by atoms with van der Waals surface area (Å²) in [6, 6.07) is 3.23. The van der Waals surface area contributed by atoms with Gasteiger partial charge in [-0.25, -0.2) is 18.3 Å². The Bertz CT molecular complexity index is 783. The van der Waals surface area contributed by atoms with Crippen LogP contribution in [-0.4, -0.2) is 14.6 Å². The highest BCUT2D eigenvalue weighted by atomic mass is 79.9. The second kappa shape index (κ2) is 5.40. The maximum absolute atomic E-state index is 13.8. The van der Waals surface area contributed by atoms with Crippen LogP contribution in [0.2, 0.25) is 0 Å². The van der Waals surface area contributed by atoms with Crippen LogP contribution in [0.1, 0.15) is 18.5 Å². The minimum absolute atomic E-state index is 0.0167. The van der Waals surface area contributed by atoms with Crippen molar-refractivity contribution in [3.63, 3.8) is 0 Å². The predicted octanol–water partition coefficient (Wildman–Crippen LogP) is 3.94. The lowest BCUT2D eigenvalue weighted by atomic mass is 10.1. The predicted molar refractivity (Wildman–Crippen MR) is 79.1 cm³/mol. The molecular formula is C14H11BrF2N4. The Kier molecular flexibility index (Phi) is 3.59. The fourth-order valence-electron chi connectivity index (χ4n) is 2.22. The van der Waals surface area contributed by atoms with Gasteiger partial charge in [0.1, 0.15) is 17.2 Å². The molecule has 1 aromatic carbocycles. The highest BCUT2D eigenvalue weighted by molar-refractivity contribution is 9.10. The molecule has 7 heteroatoms. The molecule has 1 N–H and O–H groups in total. The van der Waals surface area contributed by atoms with Crippen LogP contribution in [0.3, 0.4) is 0 Å². The Morgan fingerprint density at radius 2 is 2.00 bits per heavy atom. The van der Waals surface area contributed by atoms with E-state index in [4.69, 9.17) is 0 Å². The first-order valence-electron chi connectivity index (χ1n) is 6.26. The van der Waals surface area contributed by atoms with Gasteiger partial charge in [0, 0.05) is 18.0 Å². The highest BCUT2D eigenvalue weighted by Crippen LogP contribution is 2.28. The molecule has 0 aliphatic rings. The number of nitrogens with one attached hydrogen (secondary N) is 1. The zero-order valence-electron chi connectivity index (χ0n) is 11.0. The third-order valence-electron chi connectivity index (χ3n) is 3.17. The summed E-state index contributed by atoms with van der Waals surface area (Å²) in [5.74, 6) is -0.680. The van der Waals surface area contributed by atoms with Gasteiger partial charge in [0.25, 0.3) is 0 Å². The molecule has 0 amide bonds. The third-order valence-corrected chi connectivity index (χ3v) is 3.75. The van der Waals surface area contributed by atoms with Crippen LogP contribution in [0, 0.1) is 11.6 Å². The van der Waals surface area contributed by atoms with Crippen LogP contribution < -0.4 is 5.32 Å². The van der Waals surface area contributed by atoms with Crippen molar-refractivity contribution in [3.8, 4) is 0 Å². The fraction of sp³-hybridized carbons (Fsp3) is 0.143. The van der Waals surface area contributed by atoms with E-state index in [1.165, 1.54) is 18.2 Å². The summed E-state index contributed by atoms with van der Waals surface area (Å²) in [6.45, 7) is 1.68. The van der Waals surface area contributed by atoms with Gasteiger partial charge >= 0.3 is 0 Å². The van der Waals surface area contributed by atoms with Gasteiger partial charge < -0.3 is 5.32 Å². The van der Waals surface area contributed by atoms with Crippen molar-refractivity contribution in [1.82, 2.24) is 14.6 Å². The van der Waals surface area contributed by atoms with Crippen LogP contribution in [0.25, 0.3) is 5.52 Å². The Morgan fingerprint density at radius 1 is 1.29 bits per heavy atom. The lowest BCUT2D eigenvalue weighted by Gasteiger charge is -2.17. The minimum Gasteiger partial charge on any atom is -0.362 e. The number of aromatic nitrogens is 3. The number of hydrogen-bond donors (Lipinski definition) is 1. The first kappa shape index (κ1) is 13.9. The van der Waals surface area contributed by atoms with Crippen LogP contribution in [0.15, 0.2) is 41.3 Å². The molecular weight excluding hydrogens is 342 g/mol.